The summed E-state index contributed by atoms with van der Waals surface area (Å²) in [6, 6.07) is 0. The summed E-state index contributed by atoms with van der Waals surface area (Å²) >= 11 is 0. The fraction of sp³-hybridized carbons (Fsp3) is 0.720. The number of carbonyl (C=O) groups is 3. The Hall–Kier alpha value is -4.31. The lowest BCUT2D eigenvalue weighted by atomic mass is 10.0. The van der Waals surface area contributed by atoms with Crippen LogP contribution in [0.4, 0.5) is 0 Å². The highest BCUT2D eigenvalue weighted by molar-refractivity contribution is 5.70. The second-order valence-corrected chi connectivity index (χ2v) is 26.2. The number of hydrogen-bond donors (Lipinski definition) is 0. The third-order valence-corrected chi connectivity index (χ3v) is 16.2. The van der Waals surface area contributed by atoms with Gasteiger partial charge in [0.05, 0.1) is 40.3 Å². The van der Waals surface area contributed by atoms with E-state index < -0.39 is 24.3 Å². The fourth-order valence-corrected chi connectivity index (χ4v) is 10.5. The molecular weight excluding hydrogens is 1130 g/mol. The second-order valence-electron chi connectivity index (χ2n) is 26.2. The molecule has 9 nitrogen and oxygen atoms in total. The van der Waals surface area contributed by atoms with Crippen LogP contribution in [0, 0.1) is 0 Å². The number of carboxylic acid groups (broad SMARTS) is 1. The lowest BCUT2D eigenvalue weighted by Crippen LogP contribution is -2.44. The van der Waals surface area contributed by atoms with E-state index in [-0.39, 0.29) is 38.6 Å². The predicted octanol–water partition coefficient (Wildman–Crippen LogP) is 22.6. The molecule has 91 heavy (non-hydrogen) atoms. The molecule has 0 aromatic carbocycles. The van der Waals surface area contributed by atoms with Gasteiger partial charge in [-0.15, -0.1) is 0 Å². The van der Waals surface area contributed by atoms with Gasteiger partial charge in [0.25, 0.3) is 0 Å². The molecule has 0 radical (unpaired) electrons. The molecule has 0 amide bonds. The molecule has 0 aromatic heterocycles. The molecule has 9 heteroatoms. The Morgan fingerprint density at radius 3 is 0.879 bits per heavy atom. The zero-order valence-electron chi connectivity index (χ0n) is 59.7. The number of aliphatic carboxylic acids is 1. The molecule has 0 aliphatic heterocycles. The molecule has 0 spiro atoms. The molecule has 0 saturated carbocycles. The first kappa shape index (κ1) is 86.7. The first-order chi connectivity index (χ1) is 44.6. The Morgan fingerprint density at radius 2 is 0.593 bits per heavy atom. The highest BCUT2D eigenvalue weighted by Crippen LogP contribution is 2.18. The summed E-state index contributed by atoms with van der Waals surface area (Å²) < 4.78 is 22.8. The molecule has 2 atom stereocenters. The van der Waals surface area contributed by atoms with Gasteiger partial charge in [-0.2, -0.15) is 0 Å². The van der Waals surface area contributed by atoms with Crippen molar-refractivity contribution in [3.8, 4) is 0 Å². The summed E-state index contributed by atoms with van der Waals surface area (Å²) in [5.41, 5.74) is 0. The Kier molecular flexibility index (Phi) is 68.1. The molecule has 522 valence electrons. The van der Waals surface area contributed by atoms with Crippen molar-refractivity contribution in [2.24, 2.45) is 0 Å². The molecule has 0 fully saturated rings. The van der Waals surface area contributed by atoms with Crippen LogP contribution in [0.2, 0.25) is 0 Å². The zero-order chi connectivity index (χ0) is 66.1. The monoisotopic (exact) mass is 1270 g/mol. The maximum atomic E-state index is 12.9. The van der Waals surface area contributed by atoms with E-state index >= 15 is 0 Å². The molecule has 0 N–H and O–H groups in total. The van der Waals surface area contributed by atoms with Crippen LogP contribution in [-0.4, -0.2) is 82.3 Å². The smallest absolute Gasteiger partial charge is 0.306 e. The largest absolute Gasteiger partial charge is 0.545 e. The highest BCUT2D eigenvalue weighted by Gasteiger charge is 2.22. The molecule has 0 aliphatic carbocycles. The summed E-state index contributed by atoms with van der Waals surface area (Å²) in [4.78, 5) is 37.5. The Labute approximate surface area is 561 Å². The van der Waals surface area contributed by atoms with E-state index in [0.29, 0.717) is 17.4 Å². The molecule has 0 saturated heterocycles. The van der Waals surface area contributed by atoms with Crippen molar-refractivity contribution in [2.75, 3.05) is 47.5 Å². The van der Waals surface area contributed by atoms with Crippen LogP contribution >= 0.6 is 0 Å². The van der Waals surface area contributed by atoms with E-state index in [1.165, 1.54) is 167 Å². The van der Waals surface area contributed by atoms with Crippen LogP contribution in [0.5, 0.6) is 0 Å². The van der Waals surface area contributed by atoms with E-state index in [0.717, 1.165) is 122 Å². The Morgan fingerprint density at radius 1 is 0.330 bits per heavy atom. The first-order valence-corrected chi connectivity index (χ1v) is 37.7. The number of allylic oxidation sites excluding steroid dienone is 20. The van der Waals surface area contributed by atoms with Gasteiger partial charge in [0, 0.05) is 12.8 Å². The number of nitrogens with zero attached hydrogens (tertiary/aromatic N) is 1. The maximum Gasteiger partial charge on any atom is 0.306 e. The van der Waals surface area contributed by atoms with Crippen LogP contribution in [0.15, 0.2) is 122 Å². The topological polar surface area (TPSA) is 111 Å². The van der Waals surface area contributed by atoms with Gasteiger partial charge in [-0.3, -0.25) is 9.59 Å². The van der Waals surface area contributed by atoms with E-state index in [2.05, 4.69) is 135 Å². The van der Waals surface area contributed by atoms with Crippen molar-refractivity contribution in [2.45, 2.75) is 334 Å². The van der Waals surface area contributed by atoms with Crippen molar-refractivity contribution in [3.63, 3.8) is 0 Å². The second kappa shape index (κ2) is 71.5. The number of carbonyl (C=O) groups excluding carboxylic acids is 3. The van der Waals surface area contributed by atoms with Gasteiger partial charge in [-0.25, -0.2) is 0 Å². The Bertz CT molecular complexity index is 1910. The summed E-state index contributed by atoms with van der Waals surface area (Å²) in [6.45, 7) is 4.53. The summed E-state index contributed by atoms with van der Waals surface area (Å²) in [5, 5.41) is 11.8. The summed E-state index contributed by atoms with van der Waals surface area (Å²) in [5.74, 6) is -2.30. The number of likely N-dealkylation sites (N-methyl/N-ethyl adjacent to an activating group) is 1. The van der Waals surface area contributed by atoms with Gasteiger partial charge in [0.15, 0.2) is 12.4 Å². The van der Waals surface area contributed by atoms with Crippen molar-refractivity contribution in [1.29, 1.82) is 0 Å². The third kappa shape index (κ3) is 73.0. The number of unbranched alkanes of at least 4 members (excludes halogenated alkanes) is 34. The maximum absolute atomic E-state index is 12.9. The van der Waals surface area contributed by atoms with Crippen LogP contribution in [0.25, 0.3) is 0 Å². The summed E-state index contributed by atoms with van der Waals surface area (Å²) in [6.07, 6.45) is 98.8. The Balaban J connectivity index is 4.00. The fourth-order valence-electron chi connectivity index (χ4n) is 10.5. The molecule has 2 unspecified atom stereocenters. The van der Waals surface area contributed by atoms with Crippen molar-refractivity contribution < 1.29 is 42.9 Å². The molecule has 0 aromatic rings. The van der Waals surface area contributed by atoms with Crippen LogP contribution in [0.3, 0.4) is 0 Å². The third-order valence-electron chi connectivity index (χ3n) is 16.2. The van der Waals surface area contributed by atoms with Crippen molar-refractivity contribution in [3.05, 3.63) is 122 Å². The first-order valence-electron chi connectivity index (χ1n) is 37.7. The van der Waals surface area contributed by atoms with Crippen LogP contribution in [0.1, 0.15) is 322 Å². The standard InChI is InChI=1S/C82H141NO8/c1-6-8-10-12-14-16-18-20-22-24-26-28-30-32-33-34-35-36-37-38-39-40-41-42-43-44-45-46-47-49-50-52-54-56-58-60-62-64-66-68-70-72-79(84)89-76-78(77-90-82(81(86)87)88-75-74-83(3,4)5)91-80(85)73-71-69-67-65-63-61-59-57-55-53-51-48-31-29-27-25-23-21-19-17-15-13-11-9-7-2/h8-11,14-17,20-23,26-29,48,51,55,57,78,82H,6-7,12-13,18-19,24-25,30-47,49-50,52-54,56,58-77H2,1-5H3/b10-8-,11-9-,16-14-,17-15-,22-20-,23-21-,28-26-,29-27-,51-48-,57-55-. The minimum atomic E-state index is -1.63. The minimum Gasteiger partial charge on any atom is -0.545 e. The molecule has 0 bridgehead atoms. The normalized spacial score (nSPS) is 13.4. The lowest BCUT2D eigenvalue weighted by molar-refractivity contribution is -0.870. The van der Waals surface area contributed by atoms with Crippen molar-refractivity contribution in [1.82, 2.24) is 0 Å². The quantitative estimate of drug-likeness (QED) is 0.0195. The van der Waals surface area contributed by atoms with Gasteiger partial charge in [-0.1, -0.05) is 328 Å². The summed E-state index contributed by atoms with van der Waals surface area (Å²) in [7, 11) is 5.93. The van der Waals surface area contributed by atoms with Gasteiger partial charge in [0.2, 0.25) is 0 Å². The number of quaternary nitrogens is 1. The van der Waals surface area contributed by atoms with E-state index in [1.807, 2.05) is 21.1 Å². The van der Waals surface area contributed by atoms with Crippen LogP contribution in [-0.2, 0) is 33.3 Å². The molecular formula is C82H141NO8. The van der Waals surface area contributed by atoms with Gasteiger partial charge in [0.1, 0.15) is 13.2 Å². The predicted molar refractivity (Wildman–Crippen MR) is 389 cm³/mol. The lowest BCUT2D eigenvalue weighted by Gasteiger charge is -2.26. The molecule has 0 heterocycles. The average molecular weight is 1270 g/mol. The van der Waals surface area contributed by atoms with E-state index in [1.54, 1.807) is 0 Å². The van der Waals surface area contributed by atoms with E-state index in [4.69, 9.17) is 18.9 Å². The highest BCUT2D eigenvalue weighted by atomic mass is 16.7. The molecule has 0 rings (SSSR count). The minimum absolute atomic E-state index is 0.141. The number of carboxylic acids is 1. The number of rotatable bonds is 69. The van der Waals surface area contributed by atoms with Gasteiger partial charge >= 0.3 is 11.9 Å². The zero-order valence-corrected chi connectivity index (χ0v) is 59.7. The van der Waals surface area contributed by atoms with Gasteiger partial charge in [-0.05, 0) is 103 Å². The SMILES string of the molecule is CC/C=C\C/C=C\C/C=C\C/C=C\C/C=C\C/C=C\CCCCCCCCC(=O)OC(COC(=O)CCCCCCCCCCCCCCCCCCCCCCCCCCCCCC/C=C\C/C=C\C/C=C\C/C=C\CC)COC(OCC[N+](C)(C)C)C(=O)[O-]. The van der Waals surface area contributed by atoms with Crippen LogP contribution < -0.4 is 5.11 Å². The van der Waals surface area contributed by atoms with Gasteiger partial charge < -0.3 is 33.3 Å². The molecule has 0 aliphatic rings. The van der Waals surface area contributed by atoms with Crippen molar-refractivity contribution >= 4 is 17.9 Å². The van der Waals surface area contributed by atoms with E-state index in [9.17, 15) is 19.5 Å². The number of esters is 2. The number of ether oxygens (including phenoxy) is 4. The average Bonchev–Trinajstić information content (AvgIpc) is 3.46. The number of hydrogen-bond acceptors (Lipinski definition) is 8.